The average Bonchev–Trinajstić information content (AvgIpc) is 2.40. The van der Waals surface area contributed by atoms with Gasteiger partial charge in [-0.2, -0.15) is 0 Å². The van der Waals surface area contributed by atoms with Crippen LogP contribution in [0.1, 0.15) is 12.5 Å². The van der Waals surface area contributed by atoms with Crippen molar-refractivity contribution in [3.8, 4) is 16.9 Å². The summed E-state index contributed by atoms with van der Waals surface area (Å²) in [6.07, 6.45) is 3.47. The molecule has 0 unspecified atom stereocenters. The Kier molecular flexibility index (Phi) is 4.13. The second kappa shape index (κ2) is 6.00. The quantitative estimate of drug-likeness (QED) is 0.881. The van der Waals surface area contributed by atoms with Crippen LogP contribution in [0.15, 0.2) is 42.7 Å². The Morgan fingerprint density at radius 3 is 2.58 bits per heavy atom. The first-order valence-electron chi connectivity index (χ1n) is 6.19. The van der Waals surface area contributed by atoms with Gasteiger partial charge in [-0.3, -0.25) is 9.78 Å². The number of likely N-dealkylation sites (N-methyl/N-ethyl adjacent to an activating group) is 1. The molecule has 2 rings (SSSR count). The van der Waals surface area contributed by atoms with E-state index in [2.05, 4.69) is 10.3 Å². The molecule has 0 atom stereocenters. The van der Waals surface area contributed by atoms with Crippen molar-refractivity contribution in [1.29, 1.82) is 0 Å². The van der Waals surface area contributed by atoms with Gasteiger partial charge in [-0.1, -0.05) is 24.3 Å². The second-order valence-corrected chi connectivity index (χ2v) is 4.26. The lowest BCUT2D eigenvalue weighted by Crippen LogP contribution is -2.24. The fourth-order valence-corrected chi connectivity index (χ4v) is 1.85. The summed E-state index contributed by atoms with van der Waals surface area (Å²) in [6.45, 7) is 2.54. The van der Waals surface area contributed by atoms with Gasteiger partial charge in [-0.05, 0) is 24.1 Å². The van der Waals surface area contributed by atoms with Crippen molar-refractivity contribution in [1.82, 2.24) is 10.3 Å². The molecule has 0 fully saturated rings. The van der Waals surface area contributed by atoms with E-state index in [0.717, 1.165) is 16.7 Å². The minimum atomic E-state index is 0.0225. The van der Waals surface area contributed by atoms with Crippen LogP contribution < -0.4 is 5.32 Å². The molecule has 0 saturated carbocycles. The highest BCUT2D eigenvalue weighted by Crippen LogP contribution is 2.22. The molecule has 1 heterocycles. The molecule has 0 bridgehead atoms. The number of hydrogen-bond donors (Lipinski definition) is 2. The highest BCUT2D eigenvalue weighted by atomic mass is 16.3. The van der Waals surface area contributed by atoms with Gasteiger partial charge in [0.1, 0.15) is 5.75 Å². The van der Waals surface area contributed by atoms with Gasteiger partial charge >= 0.3 is 0 Å². The van der Waals surface area contributed by atoms with Gasteiger partial charge in [-0.15, -0.1) is 0 Å². The van der Waals surface area contributed by atoms with Crippen molar-refractivity contribution in [3.05, 3.63) is 48.3 Å². The van der Waals surface area contributed by atoms with Gasteiger partial charge in [0, 0.05) is 18.3 Å². The molecule has 0 radical (unpaired) electrons. The number of nitrogens with one attached hydrogen (secondary N) is 1. The first-order chi connectivity index (χ1) is 9.19. The van der Waals surface area contributed by atoms with Crippen LogP contribution >= 0.6 is 0 Å². The van der Waals surface area contributed by atoms with Gasteiger partial charge in [-0.25, -0.2) is 0 Å². The van der Waals surface area contributed by atoms with Crippen LogP contribution in [0.4, 0.5) is 0 Å². The van der Waals surface area contributed by atoms with E-state index in [1.54, 1.807) is 12.3 Å². The third-order valence-electron chi connectivity index (χ3n) is 2.75. The van der Waals surface area contributed by atoms with E-state index in [1.165, 1.54) is 6.20 Å². The number of hydrogen-bond acceptors (Lipinski definition) is 3. The number of rotatable bonds is 4. The van der Waals surface area contributed by atoms with Crippen LogP contribution in [-0.4, -0.2) is 22.5 Å². The highest BCUT2D eigenvalue weighted by Gasteiger charge is 2.03. The maximum absolute atomic E-state index is 11.5. The van der Waals surface area contributed by atoms with E-state index < -0.39 is 0 Å². The van der Waals surface area contributed by atoms with Crippen LogP contribution in [0, 0.1) is 0 Å². The zero-order valence-corrected chi connectivity index (χ0v) is 10.8. The lowest BCUT2D eigenvalue weighted by atomic mass is 10.0. The largest absolute Gasteiger partial charge is 0.506 e. The van der Waals surface area contributed by atoms with Crippen LogP contribution in [0.2, 0.25) is 0 Å². The van der Waals surface area contributed by atoms with Crippen molar-refractivity contribution < 1.29 is 9.90 Å². The summed E-state index contributed by atoms with van der Waals surface area (Å²) in [5, 5.41) is 12.2. The number of aromatic hydroxyl groups is 1. The third-order valence-corrected chi connectivity index (χ3v) is 2.75. The van der Waals surface area contributed by atoms with Gasteiger partial charge in [0.05, 0.1) is 12.6 Å². The average molecular weight is 256 g/mol. The fraction of sp³-hybridized carbons (Fsp3) is 0.200. The molecule has 2 aromatic rings. The Hall–Kier alpha value is -2.36. The summed E-state index contributed by atoms with van der Waals surface area (Å²) >= 11 is 0. The molecular weight excluding hydrogens is 240 g/mol. The zero-order chi connectivity index (χ0) is 13.7. The molecule has 2 N–H and O–H groups in total. The van der Waals surface area contributed by atoms with Gasteiger partial charge in [0.25, 0.3) is 0 Å². The summed E-state index contributed by atoms with van der Waals surface area (Å²) < 4.78 is 0. The van der Waals surface area contributed by atoms with Crippen molar-refractivity contribution >= 4 is 5.91 Å². The lowest BCUT2D eigenvalue weighted by Gasteiger charge is -2.05. The topological polar surface area (TPSA) is 62.2 Å². The standard InChI is InChI=1S/C15H16N2O2/c1-2-17-15(19)7-11-3-5-12(6-4-11)13-8-14(18)10-16-9-13/h3-6,8-10,18H,2,7H2,1H3,(H,17,19). The van der Waals surface area contributed by atoms with E-state index in [0.29, 0.717) is 13.0 Å². The first kappa shape index (κ1) is 13.1. The Morgan fingerprint density at radius 2 is 1.95 bits per heavy atom. The van der Waals surface area contributed by atoms with E-state index >= 15 is 0 Å². The van der Waals surface area contributed by atoms with E-state index in [1.807, 2.05) is 31.2 Å². The molecule has 0 aliphatic rings. The molecule has 4 nitrogen and oxygen atoms in total. The Bertz CT molecular complexity index is 565. The van der Waals surface area contributed by atoms with Crippen LogP contribution in [0.25, 0.3) is 11.1 Å². The Labute approximate surface area is 112 Å². The molecule has 0 spiro atoms. The summed E-state index contributed by atoms with van der Waals surface area (Å²) in [5.41, 5.74) is 2.77. The number of carbonyl (C=O) groups is 1. The molecular formula is C15H16N2O2. The fourth-order valence-electron chi connectivity index (χ4n) is 1.85. The number of nitrogens with zero attached hydrogens (tertiary/aromatic N) is 1. The van der Waals surface area contributed by atoms with Crippen LogP contribution in [0.5, 0.6) is 5.75 Å². The van der Waals surface area contributed by atoms with Crippen molar-refractivity contribution in [2.24, 2.45) is 0 Å². The van der Waals surface area contributed by atoms with E-state index in [4.69, 9.17) is 0 Å². The monoisotopic (exact) mass is 256 g/mol. The number of carbonyl (C=O) groups excluding carboxylic acids is 1. The number of amides is 1. The summed E-state index contributed by atoms with van der Waals surface area (Å²) in [5.74, 6) is 0.165. The van der Waals surface area contributed by atoms with Gasteiger partial charge in [0.2, 0.25) is 5.91 Å². The molecule has 98 valence electrons. The van der Waals surface area contributed by atoms with Gasteiger partial charge < -0.3 is 10.4 Å². The van der Waals surface area contributed by atoms with Crippen LogP contribution in [0.3, 0.4) is 0 Å². The number of pyridine rings is 1. The second-order valence-electron chi connectivity index (χ2n) is 4.26. The lowest BCUT2D eigenvalue weighted by molar-refractivity contribution is -0.120. The van der Waals surface area contributed by atoms with E-state index in [9.17, 15) is 9.90 Å². The molecule has 0 aliphatic heterocycles. The summed E-state index contributed by atoms with van der Waals surface area (Å²) in [4.78, 5) is 15.4. The molecule has 0 saturated heterocycles. The SMILES string of the molecule is CCNC(=O)Cc1ccc(-c2cncc(O)c2)cc1. The maximum atomic E-state index is 11.5. The first-order valence-corrected chi connectivity index (χ1v) is 6.19. The molecule has 0 aliphatic carbocycles. The Balaban J connectivity index is 2.12. The minimum Gasteiger partial charge on any atom is -0.506 e. The summed E-state index contributed by atoms with van der Waals surface area (Å²) in [7, 11) is 0. The molecule has 4 heteroatoms. The van der Waals surface area contributed by atoms with Crippen molar-refractivity contribution in [3.63, 3.8) is 0 Å². The van der Waals surface area contributed by atoms with Gasteiger partial charge in [0.15, 0.2) is 0 Å². The minimum absolute atomic E-state index is 0.0225. The normalized spacial score (nSPS) is 10.2. The molecule has 1 amide bonds. The van der Waals surface area contributed by atoms with Crippen molar-refractivity contribution in [2.45, 2.75) is 13.3 Å². The number of aromatic nitrogens is 1. The molecule has 19 heavy (non-hydrogen) atoms. The summed E-state index contributed by atoms with van der Waals surface area (Å²) in [6, 6.07) is 9.32. The highest BCUT2D eigenvalue weighted by molar-refractivity contribution is 5.78. The zero-order valence-electron chi connectivity index (χ0n) is 10.8. The van der Waals surface area contributed by atoms with Crippen molar-refractivity contribution in [2.75, 3.05) is 6.54 Å². The smallest absolute Gasteiger partial charge is 0.224 e. The molecule has 1 aromatic carbocycles. The predicted molar refractivity (Wildman–Crippen MR) is 73.7 cm³/mol. The third kappa shape index (κ3) is 3.55. The predicted octanol–water partition coefficient (Wildman–Crippen LogP) is 2.13. The van der Waals surface area contributed by atoms with Crippen LogP contribution in [-0.2, 0) is 11.2 Å². The number of benzene rings is 1. The molecule has 1 aromatic heterocycles. The Morgan fingerprint density at radius 1 is 1.21 bits per heavy atom. The van der Waals surface area contributed by atoms with E-state index in [-0.39, 0.29) is 11.7 Å². The maximum Gasteiger partial charge on any atom is 0.224 e.